The molecule has 0 bridgehead atoms. The zero-order chi connectivity index (χ0) is 13.7. The number of rotatable bonds is 4. The van der Waals surface area contributed by atoms with Gasteiger partial charge in [-0.2, -0.15) is 0 Å². The first-order valence-corrected chi connectivity index (χ1v) is 5.78. The smallest absolute Gasteiger partial charge is 0.298 e. The fourth-order valence-corrected chi connectivity index (χ4v) is 1.73. The zero-order valence-corrected chi connectivity index (χ0v) is 10.4. The van der Waals surface area contributed by atoms with Crippen molar-refractivity contribution in [2.24, 2.45) is 0 Å². The van der Waals surface area contributed by atoms with Crippen LogP contribution in [0, 0.1) is 6.92 Å². The Labute approximate surface area is 111 Å². The molecule has 0 aliphatic heterocycles. The van der Waals surface area contributed by atoms with Crippen LogP contribution < -0.4 is 10.1 Å². The summed E-state index contributed by atoms with van der Waals surface area (Å²) < 4.78 is 4.73. The molecule has 2 aromatic carbocycles. The summed E-state index contributed by atoms with van der Waals surface area (Å²) in [6, 6.07) is 14.0. The monoisotopic (exact) mass is 255 g/mol. The van der Waals surface area contributed by atoms with Crippen molar-refractivity contribution in [3.8, 4) is 5.75 Å². The number of aryl methyl sites for hydroxylation is 1. The van der Waals surface area contributed by atoms with Gasteiger partial charge in [-0.15, -0.1) is 0 Å². The van der Waals surface area contributed by atoms with E-state index in [4.69, 9.17) is 4.74 Å². The Morgan fingerprint density at radius 1 is 1.16 bits per heavy atom. The molecule has 0 aliphatic carbocycles. The first-order chi connectivity index (χ1) is 9.20. The highest BCUT2D eigenvalue weighted by Gasteiger charge is 2.08. The topological polar surface area (TPSA) is 55.4 Å². The predicted molar refractivity (Wildman–Crippen MR) is 72.3 cm³/mol. The third kappa shape index (κ3) is 3.19. The number of anilines is 1. The van der Waals surface area contributed by atoms with Crippen molar-refractivity contribution in [1.82, 2.24) is 0 Å². The third-order valence-electron chi connectivity index (χ3n) is 2.67. The van der Waals surface area contributed by atoms with Gasteiger partial charge in [0, 0.05) is 17.3 Å². The minimum Gasteiger partial charge on any atom is -0.429 e. The molecule has 4 nitrogen and oxygen atoms in total. The number of nitrogens with one attached hydrogen (secondary N) is 1. The van der Waals surface area contributed by atoms with Gasteiger partial charge in [-0.1, -0.05) is 24.3 Å². The number of carbonyl (C=O) groups is 2. The number of hydrogen-bond acceptors (Lipinski definition) is 3. The molecule has 1 N–H and O–H groups in total. The van der Waals surface area contributed by atoms with Crippen molar-refractivity contribution < 1.29 is 14.3 Å². The van der Waals surface area contributed by atoms with E-state index >= 15 is 0 Å². The molecule has 0 saturated carbocycles. The minimum atomic E-state index is -0.193. The van der Waals surface area contributed by atoms with Crippen LogP contribution in [0.3, 0.4) is 0 Å². The Bertz CT molecular complexity index is 608. The van der Waals surface area contributed by atoms with Crippen LogP contribution in [0.4, 0.5) is 5.69 Å². The quantitative estimate of drug-likeness (QED) is 0.855. The molecular formula is C15H13NO3. The number of ether oxygens (including phenoxy) is 1. The molecular weight excluding hydrogens is 242 g/mol. The van der Waals surface area contributed by atoms with E-state index in [1.54, 1.807) is 30.3 Å². The molecule has 2 rings (SSSR count). The number of carbonyl (C=O) groups excluding carboxylic acids is 2. The summed E-state index contributed by atoms with van der Waals surface area (Å²) in [6.07, 6.45) is 0. The van der Waals surface area contributed by atoms with Crippen LogP contribution in [0.1, 0.15) is 15.9 Å². The second-order valence-electron chi connectivity index (χ2n) is 4.01. The third-order valence-corrected chi connectivity index (χ3v) is 2.67. The minimum absolute atomic E-state index is 0.193. The van der Waals surface area contributed by atoms with Crippen molar-refractivity contribution in [2.45, 2.75) is 6.92 Å². The maximum Gasteiger partial charge on any atom is 0.298 e. The standard InChI is InChI=1S/C15H13NO3/c1-11-5-2-3-8-14(11)15(18)16-12-6-4-7-13(9-12)19-10-17/h2-10H,1H3,(H,16,18). The fourth-order valence-electron chi connectivity index (χ4n) is 1.73. The zero-order valence-electron chi connectivity index (χ0n) is 10.4. The number of hydrogen-bond donors (Lipinski definition) is 1. The largest absolute Gasteiger partial charge is 0.429 e. The fraction of sp³-hybridized carbons (Fsp3) is 0.0667. The Morgan fingerprint density at radius 3 is 2.68 bits per heavy atom. The first kappa shape index (κ1) is 12.8. The first-order valence-electron chi connectivity index (χ1n) is 5.78. The molecule has 0 heterocycles. The van der Waals surface area contributed by atoms with E-state index in [0.717, 1.165) is 5.56 Å². The van der Waals surface area contributed by atoms with Gasteiger partial charge in [0.15, 0.2) is 0 Å². The summed E-state index contributed by atoms with van der Waals surface area (Å²) in [5, 5.41) is 2.76. The summed E-state index contributed by atoms with van der Waals surface area (Å²) >= 11 is 0. The van der Waals surface area contributed by atoms with Gasteiger partial charge in [-0.3, -0.25) is 9.59 Å². The summed E-state index contributed by atoms with van der Waals surface area (Å²) in [4.78, 5) is 22.3. The molecule has 0 aliphatic rings. The molecule has 0 aromatic heterocycles. The van der Waals surface area contributed by atoms with Crippen molar-refractivity contribution in [1.29, 1.82) is 0 Å². The molecule has 1 amide bonds. The molecule has 0 unspecified atom stereocenters. The van der Waals surface area contributed by atoms with E-state index in [-0.39, 0.29) is 5.91 Å². The molecule has 4 heteroatoms. The average Bonchev–Trinajstić information content (AvgIpc) is 2.40. The highest BCUT2D eigenvalue weighted by atomic mass is 16.5. The second kappa shape index (κ2) is 5.82. The molecule has 0 fully saturated rings. The van der Waals surface area contributed by atoms with Crippen LogP contribution in [0.2, 0.25) is 0 Å². The van der Waals surface area contributed by atoms with E-state index in [9.17, 15) is 9.59 Å². The Balaban J connectivity index is 2.17. The van der Waals surface area contributed by atoms with E-state index in [1.165, 1.54) is 0 Å². The van der Waals surface area contributed by atoms with E-state index in [0.29, 0.717) is 23.5 Å². The van der Waals surface area contributed by atoms with Crippen molar-refractivity contribution in [3.05, 3.63) is 59.7 Å². The van der Waals surface area contributed by atoms with Crippen molar-refractivity contribution >= 4 is 18.1 Å². The van der Waals surface area contributed by atoms with Gasteiger partial charge in [0.05, 0.1) is 0 Å². The van der Waals surface area contributed by atoms with E-state index in [1.807, 2.05) is 25.1 Å². The molecule has 0 atom stereocenters. The maximum atomic E-state index is 12.1. The SMILES string of the molecule is Cc1ccccc1C(=O)Nc1cccc(OC=O)c1. The lowest BCUT2D eigenvalue weighted by molar-refractivity contribution is -0.120. The van der Waals surface area contributed by atoms with Gasteiger partial charge < -0.3 is 10.1 Å². The van der Waals surface area contributed by atoms with Crippen LogP contribution in [0.25, 0.3) is 0 Å². The van der Waals surface area contributed by atoms with Gasteiger partial charge in [0.1, 0.15) is 5.75 Å². The van der Waals surface area contributed by atoms with E-state index < -0.39 is 0 Å². The van der Waals surface area contributed by atoms with Gasteiger partial charge >= 0.3 is 0 Å². The molecule has 0 saturated heterocycles. The van der Waals surface area contributed by atoms with Crippen LogP contribution in [0.15, 0.2) is 48.5 Å². The maximum absolute atomic E-state index is 12.1. The van der Waals surface area contributed by atoms with Crippen molar-refractivity contribution in [3.63, 3.8) is 0 Å². The average molecular weight is 255 g/mol. The summed E-state index contributed by atoms with van der Waals surface area (Å²) in [7, 11) is 0. The highest BCUT2D eigenvalue weighted by molar-refractivity contribution is 6.05. The van der Waals surface area contributed by atoms with Crippen LogP contribution in [0.5, 0.6) is 5.75 Å². The Morgan fingerprint density at radius 2 is 1.95 bits per heavy atom. The lowest BCUT2D eigenvalue weighted by Gasteiger charge is -2.08. The molecule has 0 spiro atoms. The van der Waals surface area contributed by atoms with Crippen molar-refractivity contribution in [2.75, 3.05) is 5.32 Å². The lowest BCUT2D eigenvalue weighted by Crippen LogP contribution is -2.13. The summed E-state index contributed by atoms with van der Waals surface area (Å²) in [6.45, 7) is 2.23. The van der Waals surface area contributed by atoms with Crippen LogP contribution in [-0.4, -0.2) is 12.4 Å². The summed E-state index contributed by atoms with van der Waals surface area (Å²) in [5.74, 6) is 0.193. The normalized spacial score (nSPS) is 9.74. The summed E-state index contributed by atoms with van der Waals surface area (Å²) in [5.41, 5.74) is 2.09. The highest BCUT2D eigenvalue weighted by Crippen LogP contribution is 2.18. The number of benzene rings is 2. The number of amides is 1. The molecule has 0 radical (unpaired) electrons. The van der Waals surface area contributed by atoms with Crippen LogP contribution in [-0.2, 0) is 4.79 Å². The van der Waals surface area contributed by atoms with Gasteiger partial charge in [0.25, 0.3) is 12.4 Å². The van der Waals surface area contributed by atoms with Gasteiger partial charge in [0.2, 0.25) is 0 Å². The Kier molecular flexibility index (Phi) is 3.93. The van der Waals surface area contributed by atoms with Crippen LogP contribution >= 0.6 is 0 Å². The molecule has 96 valence electrons. The predicted octanol–water partition coefficient (Wildman–Crippen LogP) is 2.78. The van der Waals surface area contributed by atoms with Gasteiger partial charge in [-0.05, 0) is 30.7 Å². The molecule has 2 aromatic rings. The van der Waals surface area contributed by atoms with E-state index in [2.05, 4.69) is 5.32 Å². The van der Waals surface area contributed by atoms with Gasteiger partial charge in [-0.25, -0.2) is 0 Å². The second-order valence-corrected chi connectivity index (χ2v) is 4.01. The lowest BCUT2D eigenvalue weighted by atomic mass is 10.1. The molecule has 19 heavy (non-hydrogen) atoms. The Hall–Kier alpha value is -2.62.